The van der Waals surface area contributed by atoms with Crippen LogP contribution in [0.3, 0.4) is 0 Å². The van der Waals surface area contributed by atoms with Gasteiger partial charge in [-0.25, -0.2) is 0 Å². The van der Waals surface area contributed by atoms with Gasteiger partial charge in [-0.3, -0.25) is 0 Å². The van der Waals surface area contributed by atoms with E-state index in [1.807, 2.05) is 6.07 Å². The molecule has 4 nitrogen and oxygen atoms in total. The molecule has 1 heterocycles. The lowest BCUT2D eigenvalue weighted by Gasteiger charge is -2.42. The van der Waals surface area contributed by atoms with E-state index in [9.17, 15) is 5.11 Å². The van der Waals surface area contributed by atoms with Gasteiger partial charge in [0.25, 0.3) is 0 Å². The minimum Gasteiger partial charge on any atom is -0.496 e. The third-order valence-corrected chi connectivity index (χ3v) is 6.73. The number of methoxy groups -OCH3 is 1. The van der Waals surface area contributed by atoms with Crippen molar-refractivity contribution < 1.29 is 9.84 Å². The summed E-state index contributed by atoms with van der Waals surface area (Å²) in [6, 6.07) is 16.9. The topological polar surface area (TPSA) is 44.7 Å². The van der Waals surface area contributed by atoms with E-state index in [1.165, 1.54) is 12.0 Å². The van der Waals surface area contributed by atoms with Gasteiger partial charge >= 0.3 is 0 Å². The first kappa shape index (κ1) is 26.0. The van der Waals surface area contributed by atoms with Crippen molar-refractivity contribution in [2.75, 3.05) is 39.8 Å². The average molecular weight is 467 g/mol. The lowest BCUT2D eigenvalue weighted by molar-refractivity contribution is -0.0316. The molecule has 2 aromatic carbocycles. The van der Waals surface area contributed by atoms with Crippen LogP contribution in [0, 0.1) is 0 Å². The molecule has 1 unspecified atom stereocenters. The van der Waals surface area contributed by atoms with Crippen LogP contribution >= 0.6 is 24.8 Å². The Labute approximate surface area is 199 Å². The van der Waals surface area contributed by atoms with Gasteiger partial charge in [-0.05, 0) is 36.1 Å². The summed E-state index contributed by atoms with van der Waals surface area (Å²) in [5.74, 6) is 1.01. The van der Waals surface area contributed by atoms with Gasteiger partial charge in [-0.1, -0.05) is 55.7 Å². The van der Waals surface area contributed by atoms with Crippen molar-refractivity contribution in [1.29, 1.82) is 0 Å². The highest BCUT2D eigenvalue weighted by Gasteiger charge is 2.40. The Morgan fingerprint density at radius 3 is 2.32 bits per heavy atom. The van der Waals surface area contributed by atoms with Gasteiger partial charge < -0.3 is 20.1 Å². The molecule has 0 aromatic heterocycles. The molecule has 0 bridgehead atoms. The Kier molecular flexibility index (Phi) is 10.1. The predicted octanol–water partition coefficient (Wildman–Crippen LogP) is 4.89. The molecule has 1 aliphatic heterocycles. The number of nitrogens with one attached hydrogen (secondary N) is 1. The molecule has 2 aliphatic rings. The molecule has 2 N–H and O–H groups in total. The summed E-state index contributed by atoms with van der Waals surface area (Å²) in [6.07, 6.45) is 5.28. The highest BCUT2D eigenvalue weighted by molar-refractivity contribution is 5.85. The number of halogens is 2. The van der Waals surface area contributed by atoms with Crippen LogP contribution in [0.1, 0.15) is 43.6 Å². The SMILES string of the molecule is COc1ccc(C(CN2CCNCC2)C2(O)CCCCC2)cc1-c1ccccc1.Cl.Cl. The van der Waals surface area contributed by atoms with Crippen LogP contribution in [0.15, 0.2) is 48.5 Å². The summed E-state index contributed by atoms with van der Waals surface area (Å²) in [6.45, 7) is 5.08. The Hall–Kier alpha value is -1.30. The number of benzene rings is 2. The van der Waals surface area contributed by atoms with Crippen molar-refractivity contribution in [2.45, 2.75) is 43.6 Å². The molecule has 1 aliphatic carbocycles. The maximum Gasteiger partial charge on any atom is 0.126 e. The Bertz CT molecular complexity index is 791. The zero-order valence-corrected chi connectivity index (χ0v) is 20.0. The monoisotopic (exact) mass is 466 g/mol. The van der Waals surface area contributed by atoms with Crippen LogP contribution < -0.4 is 10.1 Å². The van der Waals surface area contributed by atoms with E-state index in [1.54, 1.807) is 7.11 Å². The molecule has 1 atom stereocenters. The van der Waals surface area contributed by atoms with E-state index in [4.69, 9.17) is 4.74 Å². The molecule has 6 heteroatoms. The van der Waals surface area contributed by atoms with E-state index < -0.39 is 5.60 Å². The molecule has 1 saturated heterocycles. The second-order valence-electron chi connectivity index (χ2n) is 8.59. The fourth-order valence-electron chi connectivity index (χ4n) is 5.04. The summed E-state index contributed by atoms with van der Waals surface area (Å²) in [5.41, 5.74) is 2.87. The van der Waals surface area contributed by atoms with E-state index in [2.05, 4.69) is 52.7 Å². The van der Waals surface area contributed by atoms with Crippen LogP contribution in [0.2, 0.25) is 0 Å². The summed E-state index contributed by atoms with van der Waals surface area (Å²) >= 11 is 0. The van der Waals surface area contributed by atoms with Gasteiger partial charge in [0, 0.05) is 44.2 Å². The van der Waals surface area contributed by atoms with E-state index in [0.29, 0.717) is 0 Å². The van der Waals surface area contributed by atoms with Crippen molar-refractivity contribution in [2.24, 2.45) is 0 Å². The van der Waals surface area contributed by atoms with Crippen molar-refractivity contribution in [3.63, 3.8) is 0 Å². The van der Waals surface area contributed by atoms with Gasteiger partial charge in [-0.2, -0.15) is 0 Å². The van der Waals surface area contributed by atoms with Crippen LogP contribution in [0.25, 0.3) is 11.1 Å². The Balaban J connectivity index is 0.00000171. The minimum absolute atomic E-state index is 0. The largest absolute Gasteiger partial charge is 0.496 e. The van der Waals surface area contributed by atoms with Gasteiger partial charge in [-0.15, -0.1) is 24.8 Å². The number of ether oxygens (including phenoxy) is 1. The average Bonchev–Trinajstić information content (AvgIpc) is 2.79. The third-order valence-electron chi connectivity index (χ3n) is 6.73. The number of hydrogen-bond donors (Lipinski definition) is 2. The molecule has 0 radical (unpaired) electrons. The fraction of sp³-hybridized carbons (Fsp3) is 0.520. The van der Waals surface area contributed by atoms with E-state index in [-0.39, 0.29) is 30.7 Å². The standard InChI is InChI=1S/C25H34N2O2.2ClH/c1-29-24-11-10-21(18-22(24)20-8-4-2-5-9-20)23(19-27-16-14-26-15-17-27)25(28)12-6-3-7-13-25;;/h2,4-5,8-11,18,23,26,28H,3,6-7,12-17,19H2,1H3;2*1H. The first-order valence-corrected chi connectivity index (χ1v) is 11.1. The Morgan fingerprint density at radius 1 is 1.00 bits per heavy atom. The lowest BCUT2D eigenvalue weighted by atomic mass is 9.72. The number of piperazine rings is 1. The third kappa shape index (κ3) is 6.15. The molecular formula is C25H36Cl2N2O2. The van der Waals surface area contributed by atoms with Crippen LogP contribution in [0.5, 0.6) is 5.75 Å². The highest BCUT2D eigenvalue weighted by atomic mass is 35.5. The number of nitrogens with zero attached hydrogens (tertiary/aromatic N) is 1. The number of aliphatic hydroxyl groups is 1. The smallest absolute Gasteiger partial charge is 0.126 e. The van der Waals surface area contributed by atoms with Gasteiger partial charge in [0.2, 0.25) is 0 Å². The maximum absolute atomic E-state index is 11.7. The maximum atomic E-state index is 11.7. The molecule has 2 aromatic rings. The summed E-state index contributed by atoms with van der Waals surface area (Å²) < 4.78 is 5.67. The van der Waals surface area contributed by atoms with E-state index >= 15 is 0 Å². The van der Waals surface area contributed by atoms with Crippen molar-refractivity contribution in [3.8, 4) is 16.9 Å². The molecule has 1 saturated carbocycles. The van der Waals surface area contributed by atoms with Crippen LogP contribution in [-0.2, 0) is 0 Å². The van der Waals surface area contributed by atoms with E-state index in [0.717, 1.165) is 75.3 Å². The zero-order valence-electron chi connectivity index (χ0n) is 18.4. The summed E-state index contributed by atoms with van der Waals surface area (Å²) in [7, 11) is 1.73. The van der Waals surface area contributed by atoms with Gasteiger partial charge in [0.1, 0.15) is 5.75 Å². The first-order chi connectivity index (χ1) is 14.2. The van der Waals surface area contributed by atoms with Gasteiger partial charge in [0.05, 0.1) is 12.7 Å². The molecule has 2 fully saturated rings. The van der Waals surface area contributed by atoms with Crippen molar-refractivity contribution in [1.82, 2.24) is 10.2 Å². The molecule has 0 spiro atoms. The predicted molar refractivity (Wildman–Crippen MR) is 133 cm³/mol. The van der Waals surface area contributed by atoms with Crippen LogP contribution in [0.4, 0.5) is 0 Å². The lowest BCUT2D eigenvalue weighted by Crippen LogP contribution is -2.49. The number of hydrogen-bond acceptors (Lipinski definition) is 4. The first-order valence-electron chi connectivity index (χ1n) is 11.1. The normalized spacial score (nSPS) is 19.5. The molecule has 4 rings (SSSR count). The van der Waals surface area contributed by atoms with Crippen LogP contribution in [-0.4, -0.2) is 55.4 Å². The molecule has 31 heavy (non-hydrogen) atoms. The fourth-order valence-corrected chi connectivity index (χ4v) is 5.04. The molecular weight excluding hydrogens is 431 g/mol. The molecule has 0 amide bonds. The Morgan fingerprint density at radius 2 is 1.68 bits per heavy atom. The summed E-state index contributed by atoms with van der Waals surface area (Å²) in [4.78, 5) is 2.51. The highest BCUT2D eigenvalue weighted by Crippen LogP contribution is 2.42. The van der Waals surface area contributed by atoms with Crippen molar-refractivity contribution >= 4 is 24.8 Å². The zero-order chi connectivity index (χ0) is 20.1. The van der Waals surface area contributed by atoms with Crippen molar-refractivity contribution in [3.05, 3.63) is 54.1 Å². The second kappa shape index (κ2) is 12.1. The summed E-state index contributed by atoms with van der Waals surface area (Å²) in [5, 5.41) is 15.2. The number of rotatable bonds is 6. The second-order valence-corrected chi connectivity index (χ2v) is 8.59. The minimum atomic E-state index is -0.619. The molecule has 172 valence electrons. The quantitative estimate of drug-likeness (QED) is 0.635. The van der Waals surface area contributed by atoms with Gasteiger partial charge in [0.15, 0.2) is 0 Å².